The van der Waals surface area contributed by atoms with E-state index in [9.17, 15) is 0 Å². The Morgan fingerprint density at radius 1 is 1.25 bits per heavy atom. The van der Waals surface area contributed by atoms with E-state index in [-0.39, 0.29) is 0 Å². The van der Waals surface area contributed by atoms with Crippen LogP contribution in [-0.2, 0) is 17.7 Å². The van der Waals surface area contributed by atoms with Crippen LogP contribution < -0.4 is 5.32 Å². The maximum atomic E-state index is 5.25. The second-order valence-electron chi connectivity index (χ2n) is 5.77. The molecule has 1 heterocycles. The number of likely N-dealkylation sites (N-methyl/N-ethyl adjacent to an activating group) is 1. The third-order valence-electron chi connectivity index (χ3n) is 4.04. The Labute approximate surface area is 123 Å². The highest BCUT2D eigenvalue weighted by Crippen LogP contribution is 2.19. The van der Waals surface area contributed by atoms with Crippen LogP contribution in [0.3, 0.4) is 0 Å². The predicted octanol–water partition coefficient (Wildman–Crippen LogP) is 2.31. The van der Waals surface area contributed by atoms with Gasteiger partial charge in [0.05, 0.1) is 6.61 Å². The van der Waals surface area contributed by atoms with E-state index in [0.29, 0.717) is 0 Å². The van der Waals surface area contributed by atoms with Crippen molar-refractivity contribution in [2.24, 2.45) is 5.92 Å². The van der Waals surface area contributed by atoms with E-state index >= 15 is 0 Å². The van der Waals surface area contributed by atoms with E-state index in [2.05, 4.69) is 41.4 Å². The van der Waals surface area contributed by atoms with Crippen molar-refractivity contribution in [1.29, 1.82) is 0 Å². The summed E-state index contributed by atoms with van der Waals surface area (Å²) in [6.07, 6.45) is 2.39. The van der Waals surface area contributed by atoms with Crippen LogP contribution in [0.1, 0.15) is 24.5 Å². The first-order valence-electron chi connectivity index (χ1n) is 7.81. The van der Waals surface area contributed by atoms with Crippen LogP contribution in [0.2, 0.25) is 0 Å². The third-order valence-corrected chi connectivity index (χ3v) is 4.04. The molecule has 1 aliphatic rings. The van der Waals surface area contributed by atoms with Crippen molar-refractivity contribution >= 4 is 0 Å². The lowest BCUT2D eigenvalue weighted by molar-refractivity contribution is 0.152. The summed E-state index contributed by atoms with van der Waals surface area (Å²) in [5.74, 6) is 0.722. The summed E-state index contributed by atoms with van der Waals surface area (Å²) in [6.45, 7) is 8.63. The molecule has 1 aromatic carbocycles. The molecule has 1 N–H and O–H groups in total. The first-order chi connectivity index (χ1) is 9.81. The lowest BCUT2D eigenvalue weighted by Gasteiger charge is -2.16. The summed E-state index contributed by atoms with van der Waals surface area (Å²) in [7, 11) is 1.80. The molecule has 0 saturated carbocycles. The molecule has 0 aromatic heterocycles. The molecule has 0 aliphatic carbocycles. The minimum atomic E-state index is 0.722. The standard InChI is InChI=1S/C17H28N2O/c1-3-18-10-8-15-4-6-16(7-5-15)12-19-11-9-17(13-19)14-20-2/h4-7,17-18H,3,8-14H2,1-2H3. The zero-order valence-electron chi connectivity index (χ0n) is 12.9. The fourth-order valence-electron chi connectivity index (χ4n) is 2.91. The molecular weight excluding hydrogens is 248 g/mol. The maximum absolute atomic E-state index is 5.25. The number of rotatable bonds is 8. The molecule has 1 atom stereocenters. The third kappa shape index (κ3) is 4.89. The van der Waals surface area contributed by atoms with Crippen molar-refractivity contribution in [3.8, 4) is 0 Å². The van der Waals surface area contributed by atoms with Gasteiger partial charge in [-0.1, -0.05) is 31.2 Å². The van der Waals surface area contributed by atoms with E-state index in [1.807, 2.05) is 0 Å². The lowest BCUT2D eigenvalue weighted by atomic mass is 10.1. The molecule has 1 saturated heterocycles. The van der Waals surface area contributed by atoms with Crippen LogP contribution in [0.4, 0.5) is 0 Å². The predicted molar refractivity (Wildman–Crippen MR) is 83.9 cm³/mol. The lowest BCUT2D eigenvalue weighted by Crippen LogP contribution is -2.21. The second kappa shape index (κ2) is 8.40. The normalized spacial score (nSPS) is 19.6. The maximum Gasteiger partial charge on any atom is 0.0503 e. The Bertz CT molecular complexity index is 377. The van der Waals surface area contributed by atoms with Gasteiger partial charge in [-0.05, 0) is 49.5 Å². The van der Waals surface area contributed by atoms with Crippen molar-refractivity contribution in [1.82, 2.24) is 10.2 Å². The average molecular weight is 276 g/mol. The number of likely N-dealkylation sites (tertiary alicyclic amines) is 1. The Kier molecular flexibility index (Phi) is 6.51. The van der Waals surface area contributed by atoms with Crippen molar-refractivity contribution in [3.63, 3.8) is 0 Å². The van der Waals surface area contributed by atoms with Crippen molar-refractivity contribution in [2.75, 3.05) is 39.9 Å². The summed E-state index contributed by atoms with van der Waals surface area (Å²) in [5.41, 5.74) is 2.85. The Morgan fingerprint density at radius 2 is 2.00 bits per heavy atom. The SMILES string of the molecule is CCNCCc1ccc(CN2CCC(COC)C2)cc1. The molecule has 1 unspecified atom stereocenters. The molecule has 1 aromatic rings. The Hall–Kier alpha value is -0.900. The highest BCUT2D eigenvalue weighted by Gasteiger charge is 2.21. The van der Waals surface area contributed by atoms with Crippen molar-refractivity contribution < 1.29 is 4.74 Å². The minimum Gasteiger partial charge on any atom is -0.384 e. The molecule has 3 nitrogen and oxygen atoms in total. The van der Waals surface area contributed by atoms with Crippen LogP contribution in [0.5, 0.6) is 0 Å². The molecule has 1 fully saturated rings. The van der Waals surface area contributed by atoms with Gasteiger partial charge >= 0.3 is 0 Å². The summed E-state index contributed by atoms with van der Waals surface area (Å²) in [6, 6.07) is 9.11. The highest BCUT2D eigenvalue weighted by atomic mass is 16.5. The Morgan fingerprint density at radius 3 is 2.70 bits per heavy atom. The van der Waals surface area contributed by atoms with Gasteiger partial charge in [0.1, 0.15) is 0 Å². The molecule has 112 valence electrons. The smallest absolute Gasteiger partial charge is 0.0503 e. The summed E-state index contributed by atoms with van der Waals surface area (Å²) >= 11 is 0. The van der Waals surface area contributed by atoms with Gasteiger partial charge in [0, 0.05) is 20.2 Å². The monoisotopic (exact) mass is 276 g/mol. The van der Waals surface area contributed by atoms with Crippen LogP contribution in [0.15, 0.2) is 24.3 Å². The molecule has 0 radical (unpaired) electrons. The number of hydrogen-bond acceptors (Lipinski definition) is 3. The van der Waals surface area contributed by atoms with Gasteiger partial charge in [0.2, 0.25) is 0 Å². The molecule has 1 aliphatic heterocycles. The van der Waals surface area contributed by atoms with Crippen LogP contribution in [0, 0.1) is 5.92 Å². The molecular formula is C17H28N2O. The number of nitrogens with one attached hydrogen (secondary N) is 1. The number of ether oxygens (including phenoxy) is 1. The van der Waals surface area contributed by atoms with Crippen molar-refractivity contribution in [3.05, 3.63) is 35.4 Å². The second-order valence-corrected chi connectivity index (χ2v) is 5.77. The fourth-order valence-corrected chi connectivity index (χ4v) is 2.91. The van der Waals surface area contributed by atoms with Gasteiger partial charge in [-0.2, -0.15) is 0 Å². The van der Waals surface area contributed by atoms with E-state index in [1.54, 1.807) is 7.11 Å². The number of methoxy groups -OCH3 is 1. The molecule has 2 rings (SSSR count). The average Bonchev–Trinajstić information content (AvgIpc) is 2.89. The molecule has 0 spiro atoms. The highest BCUT2D eigenvalue weighted by molar-refractivity contribution is 5.22. The van der Waals surface area contributed by atoms with Gasteiger partial charge < -0.3 is 10.1 Å². The number of nitrogens with zero attached hydrogens (tertiary/aromatic N) is 1. The minimum absolute atomic E-state index is 0.722. The van der Waals surface area contributed by atoms with Gasteiger partial charge in [-0.15, -0.1) is 0 Å². The quantitative estimate of drug-likeness (QED) is 0.737. The Balaban J connectivity index is 1.76. The number of benzene rings is 1. The van der Waals surface area contributed by atoms with Gasteiger partial charge in [-0.25, -0.2) is 0 Å². The van der Waals surface area contributed by atoms with E-state index in [1.165, 1.54) is 30.6 Å². The van der Waals surface area contributed by atoms with E-state index in [4.69, 9.17) is 4.74 Å². The van der Waals surface area contributed by atoms with Gasteiger partial charge in [-0.3, -0.25) is 4.90 Å². The van der Waals surface area contributed by atoms with Gasteiger partial charge in [0.25, 0.3) is 0 Å². The summed E-state index contributed by atoms with van der Waals surface area (Å²) in [5, 5.41) is 3.37. The first kappa shape index (κ1) is 15.5. The molecule has 0 bridgehead atoms. The van der Waals surface area contributed by atoms with E-state index in [0.717, 1.165) is 38.6 Å². The van der Waals surface area contributed by atoms with Gasteiger partial charge in [0.15, 0.2) is 0 Å². The summed E-state index contributed by atoms with van der Waals surface area (Å²) < 4.78 is 5.25. The molecule has 20 heavy (non-hydrogen) atoms. The molecule has 3 heteroatoms. The van der Waals surface area contributed by atoms with E-state index < -0.39 is 0 Å². The number of hydrogen-bond donors (Lipinski definition) is 1. The van der Waals surface area contributed by atoms with Crippen molar-refractivity contribution in [2.45, 2.75) is 26.3 Å². The zero-order chi connectivity index (χ0) is 14.2. The van der Waals surface area contributed by atoms with Crippen LogP contribution in [-0.4, -0.2) is 44.8 Å². The first-order valence-corrected chi connectivity index (χ1v) is 7.81. The largest absolute Gasteiger partial charge is 0.384 e. The fraction of sp³-hybridized carbons (Fsp3) is 0.647. The molecule has 0 amide bonds. The van der Waals surface area contributed by atoms with Crippen LogP contribution >= 0.6 is 0 Å². The van der Waals surface area contributed by atoms with Crippen LogP contribution in [0.25, 0.3) is 0 Å². The topological polar surface area (TPSA) is 24.5 Å². The summed E-state index contributed by atoms with van der Waals surface area (Å²) in [4.78, 5) is 2.54. The zero-order valence-corrected chi connectivity index (χ0v) is 12.9.